The van der Waals surface area contributed by atoms with Crippen LogP contribution < -0.4 is 10.1 Å². The third-order valence-electron chi connectivity index (χ3n) is 4.61. The fourth-order valence-corrected chi connectivity index (χ4v) is 3.52. The van der Waals surface area contributed by atoms with Gasteiger partial charge in [0.05, 0.1) is 28.9 Å². The topological polar surface area (TPSA) is 125 Å². The van der Waals surface area contributed by atoms with Crippen molar-refractivity contribution in [1.29, 1.82) is 0 Å². The highest BCUT2D eigenvalue weighted by Gasteiger charge is 2.25. The molecule has 0 radical (unpaired) electrons. The first kappa shape index (κ1) is 25.9. The Hall–Kier alpha value is -3.40. The third kappa shape index (κ3) is 7.04. The van der Waals surface area contributed by atoms with Gasteiger partial charge in [-0.05, 0) is 31.2 Å². The maximum absolute atomic E-state index is 12.7. The molecular weight excluding hydrogens is 448 g/mol. The molecule has 0 fully saturated rings. The minimum Gasteiger partial charge on any atom is -0.496 e. The minimum absolute atomic E-state index is 0.0339. The predicted octanol–water partition coefficient (Wildman–Crippen LogP) is 4.49. The number of hydrogen-bond acceptors (Lipinski definition) is 8. The van der Waals surface area contributed by atoms with Crippen molar-refractivity contribution in [1.82, 2.24) is 0 Å². The Kier molecular flexibility index (Phi) is 8.58. The molecule has 0 bridgehead atoms. The molecule has 1 N–H and O–H groups in total. The molecule has 0 saturated heterocycles. The summed E-state index contributed by atoms with van der Waals surface area (Å²) in [6, 6.07) is 10.7. The van der Waals surface area contributed by atoms with Crippen molar-refractivity contribution < 1.29 is 28.8 Å². The van der Waals surface area contributed by atoms with E-state index in [1.54, 1.807) is 52.0 Å². The number of ketones is 1. The average molecular weight is 475 g/mol. The minimum atomic E-state index is -0.697. The number of nitro benzene ring substituents is 1. The summed E-state index contributed by atoms with van der Waals surface area (Å²) in [4.78, 5) is 48.5. The number of methoxy groups -OCH3 is 1. The number of hydrogen-bond donors (Lipinski definition) is 1. The van der Waals surface area contributed by atoms with Crippen molar-refractivity contribution in [3.05, 3.63) is 58.1 Å². The number of anilines is 1. The first-order valence-corrected chi connectivity index (χ1v) is 10.9. The number of ether oxygens (including phenoxy) is 2. The Balaban J connectivity index is 2.12. The van der Waals surface area contributed by atoms with Crippen LogP contribution in [-0.4, -0.2) is 41.5 Å². The quantitative estimate of drug-likeness (QED) is 0.244. The van der Waals surface area contributed by atoms with Crippen LogP contribution in [0.2, 0.25) is 0 Å². The number of benzene rings is 2. The van der Waals surface area contributed by atoms with E-state index in [1.807, 2.05) is 0 Å². The summed E-state index contributed by atoms with van der Waals surface area (Å²) in [5.74, 6) is -1.08. The summed E-state index contributed by atoms with van der Waals surface area (Å²) in [7, 11) is 1.39. The SMILES string of the molecule is COc1ccc(NC(=O)[C@H](C)Sc2ccccc2C(=O)OCC(=O)C(C)(C)C)c([N+](=O)[O-])c1. The van der Waals surface area contributed by atoms with Crippen molar-refractivity contribution in [3.63, 3.8) is 0 Å². The number of carbonyl (C=O) groups is 3. The lowest BCUT2D eigenvalue weighted by molar-refractivity contribution is -0.384. The van der Waals surface area contributed by atoms with Crippen molar-refractivity contribution in [3.8, 4) is 5.75 Å². The van der Waals surface area contributed by atoms with Gasteiger partial charge in [-0.25, -0.2) is 4.79 Å². The van der Waals surface area contributed by atoms with Gasteiger partial charge in [-0.1, -0.05) is 32.9 Å². The molecule has 0 aliphatic carbocycles. The van der Waals surface area contributed by atoms with Crippen molar-refractivity contribution >= 4 is 40.8 Å². The normalized spacial score (nSPS) is 11.9. The molecule has 9 nitrogen and oxygen atoms in total. The van der Waals surface area contributed by atoms with Crippen LogP contribution in [-0.2, 0) is 14.3 Å². The highest BCUT2D eigenvalue weighted by Crippen LogP contribution is 2.32. The number of nitro groups is 1. The number of carbonyl (C=O) groups excluding carboxylic acids is 3. The molecule has 0 heterocycles. The Bertz CT molecular complexity index is 1060. The van der Waals surface area contributed by atoms with E-state index in [1.165, 1.54) is 25.3 Å². The second-order valence-electron chi connectivity index (χ2n) is 8.13. The summed E-state index contributed by atoms with van der Waals surface area (Å²) >= 11 is 1.10. The van der Waals surface area contributed by atoms with Gasteiger partial charge < -0.3 is 14.8 Å². The van der Waals surface area contributed by atoms with Crippen LogP contribution >= 0.6 is 11.8 Å². The third-order valence-corrected chi connectivity index (χ3v) is 5.79. The molecule has 176 valence electrons. The Labute approximate surface area is 196 Å². The lowest BCUT2D eigenvalue weighted by atomic mass is 9.91. The van der Waals surface area contributed by atoms with Crippen LogP contribution in [0, 0.1) is 15.5 Å². The smallest absolute Gasteiger partial charge is 0.339 e. The van der Waals surface area contributed by atoms with E-state index in [0.29, 0.717) is 10.6 Å². The van der Waals surface area contributed by atoms with Crippen LogP contribution in [0.25, 0.3) is 0 Å². The molecule has 0 saturated carbocycles. The van der Waals surface area contributed by atoms with E-state index >= 15 is 0 Å². The number of nitrogens with one attached hydrogen (secondary N) is 1. The van der Waals surface area contributed by atoms with Gasteiger partial charge in [-0.3, -0.25) is 19.7 Å². The van der Waals surface area contributed by atoms with Crippen molar-refractivity contribution in [2.75, 3.05) is 19.0 Å². The number of esters is 1. The average Bonchev–Trinajstić information content (AvgIpc) is 2.76. The van der Waals surface area contributed by atoms with E-state index in [-0.39, 0.29) is 29.3 Å². The molecule has 1 atom stereocenters. The lowest BCUT2D eigenvalue weighted by Gasteiger charge is -2.17. The number of rotatable bonds is 9. The highest BCUT2D eigenvalue weighted by atomic mass is 32.2. The van der Waals surface area contributed by atoms with Gasteiger partial charge in [0.2, 0.25) is 5.91 Å². The monoisotopic (exact) mass is 474 g/mol. The van der Waals surface area contributed by atoms with Crippen LogP contribution in [0.5, 0.6) is 5.75 Å². The summed E-state index contributed by atoms with van der Waals surface area (Å²) < 4.78 is 10.2. The van der Waals surface area contributed by atoms with Crippen LogP contribution in [0.4, 0.5) is 11.4 Å². The molecule has 10 heteroatoms. The molecule has 2 aromatic carbocycles. The van der Waals surface area contributed by atoms with E-state index in [9.17, 15) is 24.5 Å². The van der Waals surface area contributed by atoms with Gasteiger partial charge in [-0.15, -0.1) is 11.8 Å². The molecule has 0 aromatic heterocycles. The maximum atomic E-state index is 12.7. The zero-order valence-electron chi connectivity index (χ0n) is 19.0. The number of Topliss-reactive ketones (excluding diaryl/α,β-unsaturated/α-hetero) is 1. The van der Waals surface area contributed by atoms with E-state index in [4.69, 9.17) is 9.47 Å². The number of nitrogens with zero attached hydrogens (tertiary/aromatic N) is 1. The fourth-order valence-electron chi connectivity index (χ4n) is 2.54. The fraction of sp³-hybridized carbons (Fsp3) is 0.348. The largest absolute Gasteiger partial charge is 0.496 e. The van der Waals surface area contributed by atoms with E-state index in [0.717, 1.165) is 11.8 Å². The molecule has 2 aromatic rings. The summed E-state index contributed by atoms with van der Waals surface area (Å²) in [6.07, 6.45) is 0. The molecule has 1 amide bonds. The predicted molar refractivity (Wildman–Crippen MR) is 125 cm³/mol. The van der Waals surface area contributed by atoms with Gasteiger partial charge in [0, 0.05) is 10.3 Å². The van der Waals surface area contributed by atoms with Gasteiger partial charge in [0.15, 0.2) is 12.4 Å². The summed E-state index contributed by atoms with van der Waals surface area (Å²) in [6.45, 7) is 6.47. The highest BCUT2D eigenvalue weighted by molar-refractivity contribution is 8.00. The molecule has 0 aliphatic heterocycles. The lowest BCUT2D eigenvalue weighted by Crippen LogP contribution is -2.26. The van der Waals surface area contributed by atoms with E-state index in [2.05, 4.69) is 5.32 Å². The zero-order valence-corrected chi connectivity index (χ0v) is 19.9. The summed E-state index contributed by atoms with van der Waals surface area (Å²) in [5.41, 5.74) is -0.677. The van der Waals surface area contributed by atoms with Gasteiger partial charge in [0.1, 0.15) is 11.4 Å². The van der Waals surface area contributed by atoms with Gasteiger partial charge in [0.25, 0.3) is 5.69 Å². The van der Waals surface area contributed by atoms with Gasteiger partial charge >= 0.3 is 5.97 Å². The van der Waals surface area contributed by atoms with Crippen LogP contribution in [0.1, 0.15) is 38.1 Å². The summed E-state index contributed by atoms with van der Waals surface area (Å²) in [5, 5.41) is 13.2. The Morgan fingerprint density at radius 3 is 2.42 bits per heavy atom. The second kappa shape index (κ2) is 11.0. The Morgan fingerprint density at radius 2 is 1.82 bits per heavy atom. The van der Waals surface area contributed by atoms with Crippen molar-refractivity contribution in [2.45, 2.75) is 37.8 Å². The molecule has 2 rings (SSSR count). The number of amides is 1. The van der Waals surface area contributed by atoms with Gasteiger partial charge in [-0.2, -0.15) is 0 Å². The standard InChI is InChI=1S/C23H26N2O7S/c1-14(21(27)24-17-11-10-15(31-5)12-18(17)25(29)30)33-19-9-7-6-8-16(19)22(28)32-13-20(26)23(2,3)4/h6-12,14H,13H2,1-5H3,(H,24,27)/t14-/m0/s1. The van der Waals surface area contributed by atoms with Crippen LogP contribution in [0.3, 0.4) is 0 Å². The first-order chi connectivity index (χ1) is 15.4. The first-order valence-electron chi connectivity index (χ1n) is 10.0. The zero-order chi connectivity index (χ0) is 24.8. The molecule has 0 unspecified atom stereocenters. The van der Waals surface area contributed by atoms with Crippen LogP contribution in [0.15, 0.2) is 47.4 Å². The maximum Gasteiger partial charge on any atom is 0.339 e. The Morgan fingerprint density at radius 1 is 1.15 bits per heavy atom. The van der Waals surface area contributed by atoms with Crippen molar-refractivity contribution in [2.24, 2.45) is 5.41 Å². The number of thioether (sulfide) groups is 1. The van der Waals surface area contributed by atoms with E-state index < -0.39 is 27.5 Å². The molecule has 0 aliphatic rings. The second-order valence-corrected chi connectivity index (χ2v) is 9.52. The molecule has 33 heavy (non-hydrogen) atoms. The molecule has 0 spiro atoms. The molecular formula is C23H26N2O7S.